The van der Waals surface area contributed by atoms with Crippen LogP contribution in [0, 0.1) is 6.92 Å². The van der Waals surface area contributed by atoms with E-state index in [2.05, 4.69) is 28.9 Å². The molecule has 3 heterocycles. The first kappa shape index (κ1) is 17.4. The van der Waals surface area contributed by atoms with Crippen LogP contribution in [-0.4, -0.2) is 64.2 Å². The molecule has 0 aliphatic carbocycles. The second-order valence-corrected chi connectivity index (χ2v) is 7.40. The van der Waals surface area contributed by atoms with Crippen molar-refractivity contribution in [2.24, 2.45) is 0 Å². The molecule has 7 heteroatoms. The third kappa shape index (κ3) is 3.62. The maximum absolute atomic E-state index is 12.4. The van der Waals surface area contributed by atoms with E-state index in [4.69, 9.17) is 9.26 Å². The molecule has 134 valence electrons. The van der Waals surface area contributed by atoms with Crippen molar-refractivity contribution in [3.63, 3.8) is 0 Å². The number of amides is 1. The van der Waals surface area contributed by atoms with E-state index in [1.54, 1.807) is 0 Å². The zero-order valence-electron chi connectivity index (χ0n) is 15.1. The Morgan fingerprint density at radius 2 is 2.08 bits per heavy atom. The molecule has 2 aliphatic heterocycles. The Morgan fingerprint density at radius 3 is 2.67 bits per heavy atom. The van der Waals surface area contributed by atoms with Gasteiger partial charge in [-0.05, 0) is 53.5 Å². The van der Waals surface area contributed by atoms with Crippen molar-refractivity contribution < 1.29 is 14.1 Å². The van der Waals surface area contributed by atoms with Crippen molar-refractivity contribution in [1.29, 1.82) is 0 Å². The molecule has 1 spiro atoms. The van der Waals surface area contributed by atoms with Gasteiger partial charge in [0.05, 0.1) is 12.1 Å². The lowest BCUT2D eigenvalue weighted by molar-refractivity contribution is -0.139. The summed E-state index contributed by atoms with van der Waals surface area (Å²) in [6, 6.07) is 0.377. The highest BCUT2D eigenvalue weighted by Crippen LogP contribution is 2.44. The molecule has 3 rings (SSSR count). The molecule has 0 bridgehead atoms. The summed E-state index contributed by atoms with van der Waals surface area (Å²) in [7, 11) is 1.99. The van der Waals surface area contributed by atoms with Gasteiger partial charge in [-0.3, -0.25) is 9.69 Å². The Bertz CT molecular complexity index is 578. The van der Waals surface area contributed by atoms with E-state index in [0.29, 0.717) is 24.3 Å². The molecule has 1 aromatic rings. The highest BCUT2D eigenvalue weighted by Gasteiger charge is 2.45. The van der Waals surface area contributed by atoms with Crippen LogP contribution < -0.4 is 0 Å². The molecule has 24 heavy (non-hydrogen) atoms. The number of nitrogens with zero attached hydrogens (tertiary/aromatic N) is 4. The van der Waals surface area contributed by atoms with Crippen molar-refractivity contribution in [2.75, 3.05) is 26.7 Å². The first-order chi connectivity index (χ1) is 11.4. The van der Waals surface area contributed by atoms with Crippen LogP contribution in [0.15, 0.2) is 4.52 Å². The fourth-order valence-corrected chi connectivity index (χ4v) is 3.46. The largest absolute Gasteiger partial charge is 0.362 e. The van der Waals surface area contributed by atoms with Crippen molar-refractivity contribution in [3.05, 3.63) is 11.7 Å². The minimum absolute atomic E-state index is 0.0967. The Hall–Kier alpha value is -1.47. The third-order valence-corrected chi connectivity index (χ3v) is 5.37. The molecular weight excluding hydrogens is 308 g/mol. The van der Waals surface area contributed by atoms with Crippen LogP contribution >= 0.6 is 0 Å². The lowest BCUT2D eigenvalue weighted by Gasteiger charge is -2.39. The van der Waals surface area contributed by atoms with Crippen LogP contribution in [-0.2, 0) is 9.53 Å². The van der Waals surface area contributed by atoms with Crippen molar-refractivity contribution >= 4 is 5.91 Å². The van der Waals surface area contributed by atoms with Crippen molar-refractivity contribution in [3.8, 4) is 0 Å². The van der Waals surface area contributed by atoms with Crippen LogP contribution in [0.5, 0.6) is 0 Å². The van der Waals surface area contributed by atoms with Gasteiger partial charge >= 0.3 is 0 Å². The average Bonchev–Trinajstić information content (AvgIpc) is 3.15. The van der Waals surface area contributed by atoms with E-state index in [0.717, 1.165) is 38.8 Å². The molecule has 1 aromatic heterocycles. The summed E-state index contributed by atoms with van der Waals surface area (Å²) >= 11 is 0. The van der Waals surface area contributed by atoms with E-state index in [1.807, 2.05) is 18.9 Å². The number of carbonyl (C=O) groups excluding carboxylic acids is 1. The van der Waals surface area contributed by atoms with Gasteiger partial charge in [0.1, 0.15) is 6.10 Å². The number of rotatable bonds is 4. The topological polar surface area (TPSA) is 71.7 Å². The van der Waals surface area contributed by atoms with E-state index < -0.39 is 0 Å². The van der Waals surface area contributed by atoms with E-state index in [1.165, 1.54) is 0 Å². The molecule has 0 aromatic carbocycles. The van der Waals surface area contributed by atoms with Crippen LogP contribution in [0.2, 0.25) is 0 Å². The number of hydrogen-bond acceptors (Lipinski definition) is 6. The lowest BCUT2D eigenvalue weighted by atomic mass is 9.88. The van der Waals surface area contributed by atoms with Crippen LogP contribution in [0.3, 0.4) is 0 Å². The van der Waals surface area contributed by atoms with E-state index in [9.17, 15) is 4.79 Å². The van der Waals surface area contributed by atoms with Gasteiger partial charge in [0.25, 0.3) is 5.89 Å². The summed E-state index contributed by atoms with van der Waals surface area (Å²) in [5, 5.41) is 3.85. The number of aryl methyl sites for hydroxylation is 1. The standard InChI is InChI=1S/C17H28N4O3/c1-12(2)20(4)11-15(22)21-9-7-17(8-10-21)6-5-14(23-17)16-18-13(3)19-24-16/h12,14H,5-11H2,1-4H3. The number of piperidine rings is 1. The Balaban J connectivity index is 1.53. The maximum atomic E-state index is 12.4. The SMILES string of the molecule is Cc1noc(C2CCC3(CCN(C(=O)CN(C)C(C)C)CC3)O2)n1. The van der Waals surface area contributed by atoms with Gasteiger partial charge in [-0.15, -0.1) is 0 Å². The van der Waals surface area contributed by atoms with Crippen LogP contribution in [0.25, 0.3) is 0 Å². The number of hydrogen-bond donors (Lipinski definition) is 0. The summed E-state index contributed by atoms with van der Waals surface area (Å²) in [4.78, 5) is 20.8. The number of ether oxygens (including phenoxy) is 1. The fraction of sp³-hybridized carbons (Fsp3) is 0.824. The van der Waals surface area contributed by atoms with Gasteiger partial charge in [-0.1, -0.05) is 5.16 Å². The third-order valence-electron chi connectivity index (χ3n) is 5.37. The zero-order valence-corrected chi connectivity index (χ0v) is 15.1. The van der Waals surface area contributed by atoms with Crippen molar-refractivity contribution in [2.45, 2.75) is 64.2 Å². The highest BCUT2D eigenvalue weighted by molar-refractivity contribution is 5.78. The quantitative estimate of drug-likeness (QED) is 0.837. The van der Waals surface area contributed by atoms with E-state index in [-0.39, 0.29) is 17.6 Å². The van der Waals surface area contributed by atoms with Gasteiger partial charge in [0.15, 0.2) is 5.82 Å². The summed E-state index contributed by atoms with van der Waals surface area (Å²) in [5.41, 5.74) is -0.131. The molecule has 0 radical (unpaired) electrons. The van der Waals surface area contributed by atoms with Crippen LogP contribution in [0.1, 0.15) is 57.3 Å². The Labute approximate surface area is 143 Å². The molecule has 0 saturated carbocycles. The predicted octanol–water partition coefficient (Wildman–Crippen LogP) is 1.93. The maximum Gasteiger partial charge on any atom is 0.255 e. The number of carbonyl (C=O) groups is 1. The monoisotopic (exact) mass is 336 g/mol. The predicted molar refractivity (Wildman–Crippen MR) is 88.4 cm³/mol. The van der Waals surface area contributed by atoms with Gasteiger partial charge in [0.2, 0.25) is 5.91 Å². The average molecular weight is 336 g/mol. The lowest BCUT2D eigenvalue weighted by Crippen LogP contribution is -2.49. The molecule has 2 aliphatic rings. The molecule has 1 amide bonds. The van der Waals surface area contributed by atoms with E-state index >= 15 is 0 Å². The number of likely N-dealkylation sites (tertiary alicyclic amines) is 1. The van der Waals surface area contributed by atoms with Gasteiger partial charge in [-0.2, -0.15) is 4.98 Å². The van der Waals surface area contributed by atoms with Crippen molar-refractivity contribution in [1.82, 2.24) is 19.9 Å². The highest BCUT2D eigenvalue weighted by atomic mass is 16.5. The second-order valence-electron chi connectivity index (χ2n) is 7.40. The number of likely N-dealkylation sites (N-methyl/N-ethyl adjacent to an activating group) is 1. The van der Waals surface area contributed by atoms with Gasteiger partial charge in [0, 0.05) is 19.1 Å². The Kier molecular flexibility index (Phi) is 4.92. The molecule has 2 saturated heterocycles. The summed E-state index contributed by atoms with van der Waals surface area (Å²) in [6.07, 6.45) is 3.57. The van der Waals surface area contributed by atoms with Gasteiger partial charge < -0.3 is 14.2 Å². The number of aromatic nitrogens is 2. The zero-order chi connectivity index (χ0) is 17.3. The molecular formula is C17H28N4O3. The smallest absolute Gasteiger partial charge is 0.255 e. The minimum atomic E-state index is -0.131. The summed E-state index contributed by atoms with van der Waals surface area (Å²) < 4.78 is 11.5. The molecule has 1 atom stereocenters. The first-order valence-corrected chi connectivity index (χ1v) is 8.85. The Morgan fingerprint density at radius 1 is 1.38 bits per heavy atom. The molecule has 1 unspecified atom stereocenters. The first-order valence-electron chi connectivity index (χ1n) is 8.85. The minimum Gasteiger partial charge on any atom is -0.362 e. The molecule has 7 nitrogen and oxygen atoms in total. The van der Waals surface area contributed by atoms with Gasteiger partial charge in [-0.25, -0.2) is 0 Å². The van der Waals surface area contributed by atoms with Crippen LogP contribution in [0.4, 0.5) is 0 Å². The summed E-state index contributed by atoms with van der Waals surface area (Å²) in [5.74, 6) is 1.44. The summed E-state index contributed by atoms with van der Waals surface area (Å²) in [6.45, 7) is 8.03. The molecule has 0 N–H and O–H groups in total. The second kappa shape index (κ2) is 6.80. The molecule has 2 fully saturated rings. The normalized spacial score (nSPS) is 23.6. The fourth-order valence-electron chi connectivity index (χ4n) is 3.46.